The van der Waals surface area contributed by atoms with Gasteiger partial charge in [0.2, 0.25) is 5.88 Å². The maximum Gasteiger partial charge on any atom is 0.213 e. The first-order chi connectivity index (χ1) is 10.8. The summed E-state index contributed by atoms with van der Waals surface area (Å²) < 4.78 is 7.05. The Morgan fingerprint density at radius 3 is 3.00 bits per heavy atom. The normalized spacial score (nSPS) is 18.7. The van der Waals surface area contributed by atoms with Crippen molar-refractivity contribution in [3.05, 3.63) is 24.7 Å². The molecule has 1 atom stereocenters. The average Bonchev–Trinajstić information content (AvgIpc) is 3.17. The highest BCUT2D eigenvalue weighted by molar-refractivity contribution is 7.99. The van der Waals surface area contributed by atoms with Crippen molar-refractivity contribution in [3.63, 3.8) is 0 Å². The highest BCUT2D eigenvalue weighted by Crippen LogP contribution is 2.24. The molecule has 6 nitrogen and oxygen atoms in total. The summed E-state index contributed by atoms with van der Waals surface area (Å²) in [5, 5.41) is 9.16. The van der Waals surface area contributed by atoms with E-state index >= 15 is 0 Å². The molecule has 1 saturated heterocycles. The van der Waals surface area contributed by atoms with Crippen LogP contribution in [0.2, 0.25) is 0 Å². The highest BCUT2D eigenvalue weighted by atomic mass is 32.2. The van der Waals surface area contributed by atoms with E-state index in [1.54, 1.807) is 31.4 Å². The van der Waals surface area contributed by atoms with Crippen LogP contribution in [0.5, 0.6) is 5.88 Å². The molecule has 2 aromatic heterocycles. The van der Waals surface area contributed by atoms with Gasteiger partial charge in [0.25, 0.3) is 0 Å². The van der Waals surface area contributed by atoms with Gasteiger partial charge in [0.1, 0.15) is 6.33 Å². The largest absolute Gasteiger partial charge is 0.481 e. The Balaban J connectivity index is 1.61. The number of ether oxygens (including phenoxy) is 1. The molecule has 1 aliphatic rings. The minimum atomic E-state index is 0.607. The number of likely N-dealkylation sites (tertiary alicyclic amines) is 1. The molecular formula is C15H21N5OS. The van der Waals surface area contributed by atoms with Crippen molar-refractivity contribution in [3.8, 4) is 11.6 Å². The Hall–Kier alpha value is -1.60. The third-order valence-corrected chi connectivity index (χ3v) is 5.05. The van der Waals surface area contributed by atoms with Crippen LogP contribution in [-0.2, 0) is 0 Å². The first-order valence-electron chi connectivity index (χ1n) is 7.51. The molecule has 0 bridgehead atoms. The van der Waals surface area contributed by atoms with E-state index in [-0.39, 0.29) is 0 Å². The van der Waals surface area contributed by atoms with Crippen LogP contribution in [0.3, 0.4) is 0 Å². The van der Waals surface area contributed by atoms with Gasteiger partial charge in [-0.25, -0.2) is 4.98 Å². The summed E-state index contributed by atoms with van der Waals surface area (Å²) in [6.45, 7) is 1.23. The minimum Gasteiger partial charge on any atom is -0.481 e. The van der Waals surface area contributed by atoms with Crippen LogP contribution in [0.15, 0.2) is 29.8 Å². The van der Waals surface area contributed by atoms with Crippen LogP contribution < -0.4 is 4.74 Å². The lowest BCUT2D eigenvalue weighted by Gasteiger charge is -2.18. The molecule has 1 aliphatic heterocycles. The number of thioether (sulfide) groups is 1. The van der Waals surface area contributed by atoms with Crippen molar-refractivity contribution in [2.75, 3.05) is 26.5 Å². The molecule has 3 rings (SSSR count). The Morgan fingerprint density at radius 2 is 2.32 bits per heavy atom. The monoisotopic (exact) mass is 319 g/mol. The second-order valence-electron chi connectivity index (χ2n) is 5.46. The predicted molar refractivity (Wildman–Crippen MR) is 86.7 cm³/mol. The summed E-state index contributed by atoms with van der Waals surface area (Å²) in [5.41, 5.74) is 0.950. The van der Waals surface area contributed by atoms with E-state index in [4.69, 9.17) is 4.74 Å². The molecule has 0 N–H and O–H groups in total. The Labute approximate surface area is 134 Å². The number of methoxy groups -OCH3 is 1. The summed E-state index contributed by atoms with van der Waals surface area (Å²) in [4.78, 5) is 6.69. The van der Waals surface area contributed by atoms with Crippen molar-refractivity contribution in [2.24, 2.45) is 0 Å². The van der Waals surface area contributed by atoms with Gasteiger partial charge in [-0.1, -0.05) is 11.8 Å². The first kappa shape index (κ1) is 15.3. The van der Waals surface area contributed by atoms with Crippen LogP contribution in [0, 0.1) is 0 Å². The molecule has 0 spiro atoms. The van der Waals surface area contributed by atoms with Crippen LogP contribution >= 0.6 is 11.8 Å². The van der Waals surface area contributed by atoms with Crippen molar-refractivity contribution in [2.45, 2.75) is 30.5 Å². The second kappa shape index (κ2) is 7.11. The lowest BCUT2D eigenvalue weighted by Crippen LogP contribution is -2.25. The fraction of sp³-hybridized carbons (Fsp3) is 0.533. The van der Waals surface area contributed by atoms with Gasteiger partial charge in [0.15, 0.2) is 5.16 Å². The predicted octanol–water partition coefficient (Wildman–Crippen LogP) is 2.25. The number of pyridine rings is 1. The molecule has 0 radical (unpaired) electrons. The van der Waals surface area contributed by atoms with Gasteiger partial charge in [-0.05, 0) is 38.9 Å². The van der Waals surface area contributed by atoms with E-state index < -0.39 is 0 Å². The Morgan fingerprint density at radius 1 is 1.41 bits per heavy atom. The Kier molecular flexibility index (Phi) is 4.94. The highest BCUT2D eigenvalue weighted by Gasteiger charge is 2.20. The van der Waals surface area contributed by atoms with Gasteiger partial charge in [-0.15, -0.1) is 10.2 Å². The first-order valence-corrected chi connectivity index (χ1v) is 8.50. The van der Waals surface area contributed by atoms with Crippen molar-refractivity contribution >= 4 is 11.8 Å². The number of rotatable bonds is 6. The molecule has 2 aromatic rings. The SMILES string of the molecule is COc1ccc(-n2cnnc2SCC[C@H]2CCCN2C)cn1. The topological polar surface area (TPSA) is 56.1 Å². The lowest BCUT2D eigenvalue weighted by molar-refractivity contribution is 0.305. The minimum absolute atomic E-state index is 0.607. The zero-order valence-corrected chi connectivity index (χ0v) is 13.8. The van der Waals surface area contributed by atoms with Crippen LogP contribution in [0.25, 0.3) is 5.69 Å². The maximum absolute atomic E-state index is 5.09. The standard InChI is InChI=1S/C15H21N5OS/c1-19-8-3-4-12(19)7-9-22-15-18-17-11-20(15)13-5-6-14(21-2)16-10-13/h5-6,10-12H,3-4,7-9H2,1-2H3/t12-/m1/s1. The molecule has 0 aliphatic carbocycles. The molecule has 118 valence electrons. The lowest BCUT2D eigenvalue weighted by atomic mass is 10.2. The van der Waals surface area contributed by atoms with Crippen LogP contribution in [-0.4, -0.2) is 57.1 Å². The number of nitrogens with zero attached hydrogens (tertiary/aromatic N) is 5. The molecule has 0 saturated carbocycles. The van der Waals surface area contributed by atoms with Gasteiger partial charge in [-0.3, -0.25) is 4.57 Å². The maximum atomic E-state index is 5.09. The molecule has 0 amide bonds. The fourth-order valence-electron chi connectivity index (χ4n) is 2.77. The van der Waals surface area contributed by atoms with Crippen molar-refractivity contribution in [1.82, 2.24) is 24.6 Å². The number of hydrogen-bond donors (Lipinski definition) is 0. The number of hydrogen-bond acceptors (Lipinski definition) is 6. The molecule has 3 heterocycles. The van der Waals surface area contributed by atoms with Gasteiger partial charge >= 0.3 is 0 Å². The summed E-state index contributed by atoms with van der Waals surface area (Å²) >= 11 is 1.75. The summed E-state index contributed by atoms with van der Waals surface area (Å²) in [6.07, 6.45) is 7.32. The second-order valence-corrected chi connectivity index (χ2v) is 6.52. The third kappa shape index (κ3) is 3.41. The van der Waals surface area contributed by atoms with Gasteiger partial charge < -0.3 is 9.64 Å². The molecule has 0 unspecified atom stereocenters. The van der Waals surface area contributed by atoms with Crippen LogP contribution in [0.1, 0.15) is 19.3 Å². The van der Waals surface area contributed by atoms with E-state index in [1.807, 2.05) is 16.7 Å². The zero-order valence-electron chi connectivity index (χ0n) is 13.0. The van der Waals surface area contributed by atoms with Crippen LogP contribution in [0.4, 0.5) is 0 Å². The van der Waals surface area contributed by atoms with Crippen molar-refractivity contribution < 1.29 is 4.74 Å². The van der Waals surface area contributed by atoms with Gasteiger partial charge in [0.05, 0.1) is 19.0 Å². The quantitative estimate of drug-likeness (QED) is 0.761. The average molecular weight is 319 g/mol. The fourth-order valence-corrected chi connectivity index (χ4v) is 3.73. The zero-order chi connectivity index (χ0) is 15.4. The molecule has 0 aromatic carbocycles. The smallest absolute Gasteiger partial charge is 0.213 e. The van der Waals surface area contributed by atoms with Gasteiger partial charge in [-0.2, -0.15) is 0 Å². The van der Waals surface area contributed by atoms with E-state index in [1.165, 1.54) is 25.8 Å². The summed E-state index contributed by atoms with van der Waals surface area (Å²) in [6, 6.07) is 4.52. The Bertz CT molecular complexity index is 600. The van der Waals surface area contributed by atoms with E-state index in [9.17, 15) is 0 Å². The molecular weight excluding hydrogens is 298 g/mol. The van der Waals surface area contributed by atoms with Crippen molar-refractivity contribution in [1.29, 1.82) is 0 Å². The third-order valence-electron chi connectivity index (χ3n) is 4.08. The molecule has 22 heavy (non-hydrogen) atoms. The summed E-state index contributed by atoms with van der Waals surface area (Å²) in [7, 11) is 3.83. The van der Waals surface area contributed by atoms with E-state index in [2.05, 4.69) is 27.1 Å². The van der Waals surface area contributed by atoms with Gasteiger partial charge in [0, 0.05) is 17.9 Å². The van der Waals surface area contributed by atoms with E-state index in [0.29, 0.717) is 11.9 Å². The molecule has 1 fully saturated rings. The molecule has 7 heteroatoms. The summed E-state index contributed by atoms with van der Waals surface area (Å²) in [5.74, 6) is 1.66. The number of aromatic nitrogens is 4. The van der Waals surface area contributed by atoms with E-state index in [0.717, 1.165) is 16.6 Å².